The number of H-pyrrole nitrogens is 2. The van der Waals surface area contributed by atoms with Gasteiger partial charge in [-0.05, 0) is 19.1 Å². The number of nitrogens with zero attached hydrogens (tertiary/aromatic N) is 3. The van der Waals surface area contributed by atoms with Crippen LogP contribution < -0.4 is 10.9 Å². The predicted molar refractivity (Wildman–Crippen MR) is 74.6 cm³/mol. The van der Waals surface area contributed by atoms with E-state index in [1.165, 1.54) is 6.33 Å². The molecule has 3 aromatic rings. The van der Waals surface area contributed by atoms with Gasteiger partial charge in [0.2, 0.25) is 0 Å². The van der Waals surface area contributed by atoms with Crippen LogP contribution in [0, 0.1) is 0 Å². The minimum Gasteiger partial charge on any atom is -0.340 e. The van der Waals surface area contributed by atoms with Crippen LogP contribution in [0.2, 0.25) is 0 Å². The molecule has 0 radical (unpaired) electrons. The van der Waals surface area contributed by atoms with Gasteiger partial charge in [-0.25, -0.2) is 9.97 Å². The van der Waals surface area contributed by atoms with E-state index in [9.17, 15) is 9.59 Å². The van der Waals surface area contributed by atoms with Crippen molar-refractivity contribution in [1.82, 2.24) is 30.5 Å². The van der Waals surface area contributed by atoms with Gasteiger partial charge in [-0.1, -0.05) is 12.1 Å². The minimum absolute atomic E-state index is 0.0370. The summed E-state index contributed by atoms with van der Waals surface area (Å²) in [6, 6.07) is 6.46. The topological polar surface area (TPSA) is 116 Å². The summed E-state index contributed by atoms with van der Waals surface area (Å²) in [5.74, 6) is -0.00157. The standard InChI is InChI=1S/C13H12N6O2/c1-7(10-14-6-15-19-10)16-13(21)11-17-9-5-3-2-4-8(9)12(20)18-11/h2-7H,1H3,(H,16,21)(H,14,15,19)(H,17,18,20). The molecular formula is C13H12N6O2. The Morgan fingerprint density at radius 1 is 1.33 bits per heavy atom. The molecular weight excluding hydrogens is 272 g/mol. The molecule has 0 aliphatic heterocycles. The molecule has 0 aliphatic carbocycles. The number of fused-ring (bicyclic) bond motifs is 1. The molecule has 106 valence electrons. The van der Waals surface area contributed by atoms with Crippen LogP contribution in [0.5, 0.6) is 0 Å². The lowest BCUT2D eigenvalue weighted by molar-refractivity contribution is 0.0928. The molecule has 8 nitrogen and oxygen atoms in total. The van der Waals surface area contributed by atoms with Crippen LogP contribution in [0.1, 0.15) is 29.4 Å². The molecule has 0 bridgehead atoms. The average molecular weight is 284 g/mol. The number of aromatic nitrogens is 5. The van der Waals surface area contributed by atoms with Crippen LogP contribution in [-0.4, -0.2) is 31.1 Å². The highest BCUT2D eigenvalue weighted by atomic mass is 16.2. The van der Waals surface area contributed by atoms with Gasteiger partial charge in [0.05, 0.1) is 16.9 Å². The number of para-hydroxylation sites is 1. The Morgan fingerprint density at radius 2 is 2.14 bits per heavy atom. The summed E-state index contributed by atoms with van der Waals surface area (Å²) < 4.78 is 0. The lowest BCUT2D eigenvalue weighted by Gasteiger charge is -2.10. The van der Waals surface area contributed by atoms with Crippen molar-refractivity contribution in [3.63, 3.8) is 0 Å². The Hall–Kier alpha value is -3.03. The SMILES string of the molecule is CC(NC(=O)c1nc2ccccc2c(=O)[nH]1)c1ncn[nH]1. The van der Waals surface area contributed by atoms with Gasteiger partial charge in [0.1, 0.15) is 12.2 Å². The Labute approximate surface area is 118 Å². The summed E-state index contributed by atoms with van der Waals surface area (Å²) in [6.07, 6.45) is 1.36. The average Bonchev–Trinajstić information content (AvgIpc) is 3.01. The largest absolute Gasteiger partial charge is 0.340 e. The first-order valence-electron chi connectivity index (χ1n) is 6.30. The summed E-state index contributed by atoms with van der Waals surface area (Å²) >= 11 is 0. The van der Waals surface area contributed by atoms with Crippen molar-refractivity contribution < 1.29 is 4.79 Å². The molecule has 2 heterocycles. The smallest absolute Gasteiger partial charge is 0.287 e. The van der Waals surface area contributed by atoms with Gasteiger partial charge in [0, 0.05) is 0 Å². The van der Waals surface area contributed by atoms with Gasteiger partial charge in [-0.15, -0.1) is 0 Å². The van der Waals surface area contributed by atoms with Gasteiger partial charge >= 0.3 is 0 Å². The number of hydrogen-bond acceptors (Lipinski definition) is 5. The van der Waals surface area contributed by atoms with E-state index in [1.807, 2.05) is 0 Å². The maximum atomic E-state index is 12.1. The van der Waals surface area contributed by atoms with Crippen molar-refractivity contribution in [1.29, 1.82) is 0 Å². The lowest BCUT2D eigenvalue weighted by Crippen LogP contribution is -2.30. The highest BCUT2D eigenvalue weighted by Gasteiger charge is 2.16. The monoisotopic (exact) mass is 284 g/mol. The summed E-state index contributed by atoms with van der Waals surface area (Å²) in [5, 5.41) is 9.51. The second kappa shape index (κ2) is 5.16. The number of rotatable bonds is 3. The second-order valence-corrected chi connectivity index (χ2v) is 4.50. The van der Waals surface area contributed by atoms with Crippen molar-refractivity contribution in [3.05, 3.63) is 52.6 Å². The number of carbonyl (C=O) groups excluding carboxylic acids is 1. The Morgan fingerprint density at radius 3 is 2.90 bits per heavy atom. The fourth-order valence-corrected chi connectivity index (χ4v) is 1.95. The molecule has 1 atom stereocenters. The number of benzene rings is 1. The molecule has 0 fully saturated rings. The van der Waals surface area contributed by atoms with Crippen LogP contribution in [0.25, 0.3) is 10.9 Å². The van der Waals surface area contributed by atoms with Crippen molar-refractivity contribution in [3.8, 4) is 0 Å². The quantitative estimate of drug-likeness (QED) is 0.648. The summed E-state index contributed by atoms with van der Waals surface area (Å²) in [6.45, 7) is 1.75. The van der Waals surface area contributed by atoms with Gasteiger partial charge in [-0.3, -0.25) is 14.7 Å². The third kappa shape index (κ3) is 2.50. The maximum absolute atomic E-state index is 12.1. The molecule has 0 saturated carbocycles. The minimum atomic E-state index is -0.484. The molecule has 1 aromatic carbocycles. The summed E-state index contributed by atoms with van der Waals surface area (Å²) in [4.78, 5) is 34.6. The fourth-order valence-electron chi connectivity index (χ4n) is 1.95. The van der Waals surface area contributed by atoms with Crippen LogP contribution in [0.4, 0.5) is 0 Å². The summed E-state index contributed by atoms with van der Waals surface area (Å²) in [5.41, 5.74) is 0.122. The molecule has 0 saturated heterocycles. The third-order valence-corrected chi connectivity index (χ3v) is 3.02. The zero-order chi connectivity index (χ0) is 14.8. The maximum Gasteiger partial charge on any atom is 0.287 e. The zero-order valence-corrected chi connectivity index (χ0v) is 11.1. The van der Waals surface area contributed by atoms with Crippen molar-refractivity contribution in [2.75, 3.05) is 0 Å². The fraction of sp³-hybridized carbons (Fsp3) is 0.154. The third-order valence-electron chi connectivity index (χ3n) is 3.02. The Balaban J connectivity index is 1.90. The van der Waals surface area contributed by atoms with E-state index in [-0.39, 0.29) is 17.4 Å². The molecule has 2 aromatic heterocycles. The van der Waals surface area contributed by atoms with E-state index in [0.717, 1.165) is 0 Å². The van der Waals surface area contributed by atoms with E-state index in [4.69, 9.17) is 0 Å². The van der Waals surface area contributed by atoms with Crippen molar-refractivity contribution >= 4 is 16.8 Å². The molecule has 1 amide bonds. The normalized spacial score (nSPS) is 12.2. The van der Waals surface area contributed by atoms with Crippen LogP contribution in [-0.2, 0) is 0 Å². The molecule has 3 rings (SSSR count). The van der Waals surface area contributed by atoms with E-state index in [1.54, 1.807) is 31.2 Å². The lowest BCUT2D eigenvalue weighted by atomic mass is 10.2. The van der Waals surface area contributed by atoms with Crippen LogP contribution in [0.15, 0.2) is 35.4 Å². The second-order valence-electron chi connectivity index (χ2n) is 4.50. The van der Waals surface area contributed by atoms with Crippen molar-refractivity contribution in [2.24, 2.45) is 0 Å². The van der Waals surface area contributed by atoms with E-state index < -0.39 is 5.91 Å². The number of carbonyl (C=O) groups is 1. The van der Waals surface area contributed by atoms with Gasteiger partial charge < -0.3 is 10.3 Å². The first-order chi connectivity index (χ1) is 10.1. The highest BCUT2D eigenvalue weighted by molar-refractivity contribution is 5.92. The first kappa shape index (κ1) is 13.0. The molecule has 0 spiro atoms. The first-order valence-corrected chi connectivity index (χ1v) is 6.30. The van der Waals surface area contributed by atoms with Crippen molar-refractivity contribution in [2.45, 2.75) is 13.0 Å². The van der Waals surface area contributed by atoms with E-state index >= 15 is 0 Å². The molecule has 8 heteroatoms. The van der Waals surface area contributed by atoms with Gasteiger partial charge in [0.25, 0.3) is 11.5 Å². The van der Waals surface area contributed by atoms with Gasteiger partial charge in [-0.2, -0.15) is 5.10 Å². The number of amides is 1. The molecule has 1 unspecified atom stereocenters. The highest BCUT2D eigenvalue weighted by Crippen LogP contribution is 2.08. The zero-order valence-electron chi connectivity index (χ0n) is 11.1. The Bertz CT molecular complexity index is 839. The van der Waals surface area contributed by atoms with E-state index in [0.29, 0.717) is 16.7 Å². The molecule has 3 N–H and O–H groups in total. The van der Waals surface area contributed by atoms with Crippen LogP contribution in [0.3, 0.4) is 0 Å². The number of nitrogens with one attached hydrogen (secondary N) is 3. The Kier molecular flexibility index (Phi) is 3.19. The van der Waals surface area contributed by atoms with Gasteiger partial charge in [0.15, 0.2) is 5.82 Å². The number of hydrogen-bond donors (Lipinski definition) is 3. The van der Waals surface area contributed by atoms with Crippen LogP contribution >= 0.6 is 0 Å². The summed E-state index contributed by atoms with van der Waals surface area (Å²) in [7, 11) is 0. The predicted octanol–water partition coefficient (Wildman–Crippen LogP) is 0.532. The molecule has 0 aliphatic rings. The molecule has 21 heavy (non-hydrogen) atoms. The number of aromatic amines is 2. The van der Waals surface area contributed by atoms with E-state index in [2.05, 4.69) is 30.5 Å².